The predicted octanol–water partition coefficient (Wildman–Crippen LogP) is 4.23. The Morgan fingerprint density at radius 2 is 1.91 bits per heavy atom. The number of aryl methyl sites for hydroxylation is 1. The molecule has 0 atom stereocenters. The van der Waals surface area contributed by atoms with Crippen molar-refractivity contribution < 1.29 is 14.8 Å². The Hall–Kier alpha value is -2.80. The van der Waals surface area contributed by atoms with Crippen LogP contribution in [-0.4, -0.2) is 21.0 Å². The summed E-state index contributed by atoms with van der Waals surface area (Å²) >= 11 is 1.28. The Morgan fingerprint density at radius 1 is 1.22 bits per heavy atom. The number of nitro groups is 1. The molecule has 0 aliphatic carbocycles. The van der Waals surface area contributed by atoms with E-state index in [2.05, 4.69) is 4.98 Å². The highest BCUT2D eigenvalue weighted by molar-refractivity contribution is 7.99. The zero-order valence-corrected chi connectivity index (χ0v) is 12.9. The molecule has 0 aliphatic heterocycles. The van der Waals surface area contributed by atoms with Crippen molar-refractivity contribution in [3.05, 3.63) is 63.8 Å². The van der Waals surface area contributed by atoms with E-state index >= 15 is 0 Å². The van der Waals surface area contributed by atoms with Crippen LogP contribution < -0.4 is 0 Å². The molecule has 0 fully saturated rings. The minimum Gasteiger partial charge on any atom is -0.477 e. The van der Waals surface area contributed by atoms with Gasteiger partial charge in [0.1, 0.15) is 5.69 Å². The van der Waals surface area contributed by atoms with Crippen molar-refractivity contribution >= 4 is 34.3 Å². The third kappa shape index (κ3) is 2.78. The van der Waals surface area contributed by atoms with Gasteiger partial charge in [-0.3, -0.25) is 10.1 Å². The smallest absolute Gasteiger partial charge is 0.353 e. The number of carboxylic acid groups (broad SMARTS) is 1. The molecule has 3 aromatic rings. The molecule has 0 saturated heterocycles. The maximum absolute atomic E-state index is 11.5. The highest BCUT2D eigenvalue weighted by Crippen LogP contribution is 2.38. The van der Waals surface area contributed by atoms with Crippen LogP contribution in [-0.2, 0) is 0 Å². The molecule has 116 valence electrons. The minimum atomic E-state index is -1.04. The fourth-order valence-electron chi connectivity index (χ4n) is 2.40. The van der Waals surface area contributed by atoms with Gasteiger partial charge in [-0.05, 0) is 30.7 Å². The van der Waals surface area contributed by atoms with Crippen molar-refractivity contribution in [2.24, 2.45) is 0 Å². The van der Waals surface area contributed by atoms with Crippen LogP contribution in [0.5, 0.6) is 0 Å². The molecule has 0 saturated carbocycles. The first-order chi connectivity index (χ1) is 11.0. The van der Waals surface area contributed by atoms with Crippen molar-refractivity contribution in [1.82, 2.24) is 4.98 Å². The molecule has 0 unspecified atom stereocenters. The van der Waals surface area contributed by atoms with Crippen LogP contribution >= 0.6 is 11.8 Å². The summed E-state index contributed by atoms with van der Waals surface area (Å²) in [6, 6.07) is 11.7. The van der Waals surface area contributed by atoms with E-state index in [4.69, 9.17) is 0 Å². The number of nitro benzene ring substituents is 1. The molecule has 7 heteroatoms. The summed E-state index contributed by atoms with van der Waals surface area (Å²) in [5.74, 6) is -1.04. The molecule has 2 aromatic carbocycles. The Bertz CT molecular complexity index is 916. The molecule has 2 N–H and O–H groups in total. The molecule has 1 heterocycles. The van der Waals surface area contributed by atoms with Gasteiger partial charge in [-0.25, -0.2) is 4.79 Å². The first kappa shape index (κ1) is 15.1. The van der Waals surface area contributed by atoms with Crippen LogP contribution in [0.2, 0.25) is 0 Å². The third-order valence-corrected chi connectivity index (χ3v) is 4.59. The number of nitrogens with zero attached hydrogens (tertiary/aromatic N) is 1. The topological polar surface area (TPSA) is 96.2 Å². The molecular formula is C16H12N2O4S. The van der Waals surface area contributed by atoms with Crippen molar-refractivity contribution in [3.8, 4) is 0 Å². The number of hydrogen-bond acceptors (Lipinski definition) is 4. The SMILES string of the molecule is Cc1cccc2[nH]c(C(=O)O)c(Sc3ccc([N+](=O)[O-])cc3)c12. The zero-order chi connectivity index (χ0) is 16.6. The summed E-state index contributed by atoms with van der Waals surface area (Å²) in [7, 11) is 0. The lowest BCUT2D eigenvalue weighted by molar-refractivity contribution is -0.384. The second-order valence-electron chi connectivity index (χ2n) is 4.98. The molecule has 0 radical (unpaired) electrons. The fraction of sp³-hybridized carbons (Fsp3) is 0.0625. The Kier molecular flexibility index (Phi) is 3.79. The van der Waals surface area contributed by atoms with Crippen molar-refractivity contribution in [2.75, 3.05) is 0 Å². The van der Waals surface area contributed by atoms with Crippen LogP contribution in [0.3, 0.4) is 0 Å². The number of aromatic amines is 1. The lowest BCUT2D eigenvalue weighted by Gasteiger charge is -2.04. The first-order valence-electron chi connectivity index (χ1n) is 6.74. The van der Waals surface area contributed by atoms with E-state index in [1.165, 1.54) is 23.9 Å². The quantitative estimate of drug-likeness (QED) is 0.552. The summed E-state index contributed by atoms with van der Waals surface area (Å²) in [6.07, 6.45) is 0. The molecule has 0 aliphatic rings. The summed E-state index contributed by atoms with van der Waals surface area (Å²) in [6.45, 7) is 1.92. The number of fused-ring (bicyclic) bond motifs is 1. The maximum Gasteiger partial charge on any atom is 0.353 e. The molecule has 6 nitrogen and oxygen atoms in total. The summed E-state index contributed by atoms with van der Waals surface area (Å²) < 4.78 is 0. The number of hydrogen-bond donors (Lipinski definition) is 2. The summed E-state index contributed by atoms with van der Waals surface area (Å²) in [4.78, 5) is 26.0. The monoisotopic (exact) mass is 328 g/mol. The number of nitrogens with one attached hydrogen (secondary N) is 1. The van der Waals surface area contributed by atoms with E-state index in [9.17, 15) is 20.0 Å². The molecule has 23 heavy (non-hydrogen) atoms. The lowest BCUT2D eigenvalue weighted by Crippen LogP contribution is -1.98. The van der Waals surface area contributed by atoms with Gasteiger partial charge in [-0.15, -0.1) is 0 Å². The normalized spacial score (nSPS) is 10.8. The van der Waals surface area contributed by atoms with Gasteiger partial charge in [0.2, 0.25) is 0 Å². The van der Waals surface area contributed by atoms with Gasteiger partial charge in [-0.2, -0.15) is 0 Å². The van der Waals surface area contributed by atoms with Crippen molar-refractivity contribution in [3.63, 3.8) is 0 Å². The second-order valence-corrected chi connectivity index (χ2v) is 6.07. The zero-order valence-electron chi connectivity index (χ0n) is 12.1. The Labute approximate surface area is 135 Å². The van der Waals surface area contributed by atoms with Gasteiger partial charge < -0.3 is 10.1 Å². The van der Waals surface area contributed by atoms with Crippen molar-refractivity contribution in [2.45, 2.75) is 16.7 Å². The van der Waals surface area contributed by atoms with Crippen LogP contribution in [0, 0.1) is 17.0 Å². The van der Waals surface area contributed by atoms with Crippen LogP contribution in [0.1, 0.15) is 16.1 Å². The van der Waals surface area contributed by atoms with Crippen LogP contribution in [0.25, 0.3) is 10.9 Å². The molecule has 1 aromatic heterocycles. The highest BCUT2D eigenvalue weighted by Gasteiger charge is 2.19. The van der Waals surface area contributed by atoms with E-state index in [-0.39, 0.29) is 11.4 Å². The predicted molar refractivity (Wildman–Crippen MR) is 87.2 cm³/mol. The van der Waals surface area contributed by atoms with Gasteiger partial charge in [0.25, 0.3) is 5.69 Å². The average Bonchev–Trinajstić information content (AvgIpc) is 2.88. The number of benzene rings is 2. The standard InChI is InChI=1S/C16H12N2O4S/c1-9-3-2-4-12-13(9)15(14(17-12)16(19)20)23-11-7-5-10(6-8-11)18(21)22/h2-8,17H,1H3,(H,19,20). The minimum absolute atomic E-state index is 0.00270. The van der Waals surface area contributed by atoms with Crippen molar-refractivity contribution in [1.29, 1.82) is 0 Å². The molecule has 0 spiro atoms. The van der Waals surface area contributed by atoms with E-state index in [1.54, 1.807) is 12.1 Å². The number of carboxylic acids is 1. The van der Waals surface area contributed by atoms with Gasteiger partial charge in [-0.1, -0.05) is 23.9 Å². The summed E-state index contributed by atoms with van der Waals surface area (Å²) in [5.41, 5.74) is 1.85. The molecule has 0 amide bonds. The Morgan fingerprint density at radius 3 is 2.52 bits per heavy atom. The first-order valence-corrected chi connectivity index (χ1v) is 7.56. The summed E-state index contributed by atoms with van der Waals surface area (Å²) in [5, 5.41) is 21.0. The van der Waals surface area contributed by atoms with Gasteiger partial charge in [0.05, 0.1) is 9.82 Å². The van der Waals surface area contributed by atoms with E-state index in [0.717, 1.165) is 21.4 Å². The maximum atomic E-state index is 11.5. The number of rotatable bonds is 4. The molecular weight excluding hydrogens is 316 g/mol. The fourth-order valence-corrected chi connectivity index (χ4v) is 3.52. The Balaban J connectivity index is 2.09. The third-order valence-electron chi connectivity index (χ3n) is 3.47. The largest absolute Gasteiger partial charge is 0.477 e. The molecule has 3 rings (SSSR count). The second kappa shape index (κ2) is 5.77. The van der Waals surface area contributed by atoms with Gasteiger partial charge in [0, 0.05) is 27.9 Å². The number of aromatic carboxylic acids is 1. The van der Waals surface area contributed by atoms with Gasteiger partial charge >= 0.3 is 5.97 Å². The van der Waals surface area contributed by atoms with E-state index in [0.29, 0.717) is 4.90 Å². The number of aromatic nitrogens is 1. The lowest BCUT2D eigenvalue weighted by atomic mass is 10.1. The number of carbonyl (C=O) groups is 1. The molecule has 0 bridgehead atoms. The highest BCUT2D eigenvalue weighted by atomic mass is 32.2. The van der Waals surface area contributed by atoms with E-state index < -0.39 is 10.9 Å². The van der Waals surface area contributed by atoms with Crippen LogP contribution in [0.15, 0.2) is 52.3 Å². The number of non-ortho nitro benzene ring substituents is 1. The van der Waals surface area contributed by atoms with E-state index in [1.807, 2.05) is 25.1 Å². The average molecular weight is 328 g/mol. The van der Waals surface area contributed by atoms with Gasteiger partial charge in [0.15, 0.2) is 0 Å². The van der Waals surface area contributed by atoms with Crippen LogP contribution in [0.4, 0.5) is 5.69 Å². The number of H-pyrrole nitrogens is 1.